The number of hydrogen-bond donors (Lipinski definition) is 1. The highest BCUT2D eigenvalue weighted by molar-refractivity contribution is 5.83. The molecule has 2 aromatic rings. The van der Waals surface area contributed by atoms with Crippen molar-refractivity contribution < 1.29 is 22.7 Å². The lowest BCUT2D eigenvalue weighted by atomic mass is 10.1. The lowest BCUT2D eigenvalue weighted by Gasteiger charge is -2.08. The number of rotatable bonds is 5. The van der Waals surface area contributed by atoms with Gasteiger partial charge in [0, 0.05) is 0 Å². The molecule has 0 fully saturated rings. The van der Waals surface area contributed by atoms with E-state index in [1.807, 2.05) is 30.3 Å². The lowest BCUT2D eigenvalue weighted by Crippen LogP contribution is -2.19. The SMILES string of the molecule is O=C(Cc1ccccc1)NN=Cc1ccc(OC(F)(F)F)cc1. The monoisotopic (exact) mass is 322 g/mol. The van der Waals surface area contributed by atoms with E-state index in [9.17, 15) is 18.0 Å². The van der Waals surface area contributed by atoms with Crippen molar-refractivity contribution in [3.63, 3.8) is 0 Å². The van der Waals surface area contributed by atoms with Gasteiger partial charge in [0.25, 0.3) is 0 Å². The molecule has 0 heterocycles. The quantitative estimate of drug-likeness (QED) is 0.678. The van der Waals surface area contributed by atoms with Crippen molar-refractivity contribution >= 4 is 12.1 Å². The van der Waals surface area contributed by atoms with E-state index in [0.717, 1.165) is 5.56 Å². The van der Waals surface area contributed by atoms with Gasteiger partial charge in [-0.25, -0.2) is 5.43 Å². The topological polar surface area (TPSA) is 50.7 Å². The summed E-state index contributed by atoms with van der Waals surface area (Å²) in [6.45, 7) is 0. The van der Waals surface area contributed by atoms with Crippen molar-refractivity contribution in [2.75, 3.05) is 0 Å². The van der Waals surface area contributed by atoms with Gasteiger partial charge in [-0.1, -0.05) is 30.3 Å². The zero-order chi connectivity index (χ0) is 16.7. The minimum absolute atomic E-state index is 0.191. The van der Waals surface area contributed by atoms with E-state index >= 15 is 0 Å². The summed E-state index contributed by atoms with van der Waals surface area (Å²) in [5.74, 6) is -0.604. The molecule has 0 unspecified atom stereocenters. The Kier molecular flexibility index (Phi) is 5.35. The molecule has 2 rings (SSSR count). The normalized spacial score (nSPS) is 11.4. The molecule has 0 aliphatic carbocycles. The first-order chi connectivity index (χ1) is 10.9. The first-order valence-electron chi connectivity index (χ1n) is 6.64. The number of ether oxygens (including phenoxy) is 1. The molecule has 0 bridgehead atoms. The van der Waals surface area contributed by atoms with Crippen LogP contribution in [0.4, 0.5) is 13.2 Å². The number of benzene rings is 2. The van der Waals surface area contributed by atoms with Crippen LogP contribution in [0.5, 0.6) is 5.75 Å². The number of nitrogens with one attached hydrogen (secondary N) is 1. The number of nitrogens with zero attached hydrogens (tertiary/aromatic N) is 1. The molecule has 2 aromatic carbocycles. The van der Waals surface area contributed by atoms with Crippen LogP contribution >= 0.6 is 0 Å². The highest BCUT2D eigenvalue weighted by Crippen LogP contribution is 2.22. The van der Waals surface area contributed by atoms with Gasteiger partial charge in [-0.2, -0.15) is 5.10 Å². The van der Waals surface area contributed by atoms with Gasteiger partial charge >= 0.3 is 6.36 Å². The summed E-state index contributed by atoms with van der Waals surface area (Å²) in [6.07, 6.45) is -3.20. The summed E-state index contributed by atoms with van der Waals surface area (Å²) in [5, 5.41) is 3.75. The Bertz CT molecular complexity index is 668. The van der Waals surface area contributed by atoms with Crippen LogP contribution in [0, 0.1) is 0 Å². The third-order valence-corrected chi connectivity index (χ3v) is 2.72. The molecule has 7 heteroatoms. The van der Waals surface area contributed by atoms with E-state index in [-0.39, 0.29) is 18.1 Å². The Hall–Kier alpha value is -2.83. The minimum atomic E-state index is -4.72. The van der Waals surface area contributed by atoms with E-state index in [0.29, 0.717) is 5.56 Å². The first kappa shape index (κ1) is 16.5. The van der Waals surface area contributed by atoms with Gasteiger partial charge < -0.3 is 4.74 Å². The largest absolute Gasteiger partial charge is 0.573 e. The number of carbonyl (C=O) groups is 1. The molecule has 0 radical (unpaired) electrons. The molecule has 0 spiro atoms. The number of hydrazone groups is 1. The second kappa shape index (κ2) is 7.44. The Morgan fingerprint density at radius 3 is 2.35 bits per heavy atom. The van der Waals surface area contributed by atoms with Gasteiger partial charge in [-0.3, -0.25) is 4.79 Å². The molecule has 120 valence electrons. The summed E-state index contributed by atoms with van der Waals surface area (Å²) in [5.41, 5.74) is 3.73. The minimum Gasteiger partial charge on any atom is -0.406 e. The number of amides is 1. The average molecular weight is 322 g/mol. The van der Waals surface area contributed by atoms with Gasteiger partial charge in [0.1, 0.15) is 5.75 Å². The summed E-state index contributed by atoms with van der Waals surface area (Å²) >= 11 is 0. The predicted octanol–water partition coefficient (Wildman–Crippen LogP) is 3.28. The molecule has 0 aromatic heterocycles. The van der Waals surface area contributed by atoms with E-state index in [1.54, 1.807) is 0 Å². The van der Waals surface area contributed by atoms with Crippen molar-refractivity contribution in [3.05, 3.63) is 65.7 Å². The molecule has 0 saturated heterocycles. The Balaban J connectivity index is 1.84. The van der Waals surface area contributed by atoms with Crippen LogP contribution in [-0.4, -0.2) is 18.5 Å². The first-order valence-corrected chi connectivity index (χ1v) is 6.64. The second-order valence-electron chi connectivity index (χ2n) is 4.57. The van der Waals surface area contributed by atoms with Crippen molar-refractivity contribution in [2.24, 2.45) is 5.10 Å². The Labute approximate surface area is 130 Å². The van der Waals surface area contributed by atoms with Crippen molar-refractivity contribution in [3.8, 4) is 5.75 Å². The van der Waals surface area contributed by atoms with Crippen molar-refractivity contribution in [1.82, 2.24) is 5.43 Å². The van der Waals surface area contributed by atoms with Crippen LogP contribution in [-0.2, 0) is 11.2 Å². The summed E-state index contributed by atoms with van der Waals surface area (Å²) in [6, 6.07) is 14.3. The van der Waals surface area contributed by atoms with E-state index in [2.05, 4.69) is 15.3 Å². The van der Waals surface area contributed by atoms with Crippen LogP contribution in [0.2, 0.25) is 0 Å². The standard InChI is InChI=1S/C16H13F3N2O2/c17-16(18,19)23-14-8-6-13(7-9-14)11-20-21-15(22)10-12-4-2-1-3-5-12/h1-9,11H,10H2,(H,21,22). The highest BCUT2D eigenvalue weighted by atomic mass is 19.4. The summed E-state index contributed by atoms with van der Waals surface area (Å²) in [4.78, 5) is 11.6. The summed E-state index contributed by atoms with van der Waals surface area (Å²) < 4.78 is 39.8. The maximum absolute atomic E-state index is 12.0. The van der Waals surface area contributed by atoms with Gasteiger partial charge in [0.15, 0.2) is 0 Å². The van der Waals surface area contributed by atoms with Gasteiger partial charge in [-0.15, -0.1) is 13.2 Å². The number of carbonyl (C=O) groups excluding carboxylic acids is 1. The van der Waals surface area contributed by atoms with Gasteiger partial charge in [0.2, 0.25) is 5.91 Å². The second-order valence-corrected chi connectivity index (χ2v) is 4.57. The maximum atomic E-state index is 12.0. The number of hydrogen-bond acceptors (Lipinski definition) is 3. The molecule has 0 aliphatic heterocycles. The molecular formula is C16H13F3N2O2. The molecule has 0 atom stereocenters. The van der Waals surface area contributed by atoms with Crippen LogP contribution in [0.3, 0.4) is 0 Å². The fourth-order valence-corrected chi connectivity index (χ4v) is 1.76. The average Bonchev–Trinajstić information content (AvgIpc) is 2.48. The fraction of sp³-hybridized carbons (Fsp3) is 0.125. The van der Waals surface area contributed by atoms with Gasteiger partial charge in [0.05, 0.1) is 12.6 Å². The Morgan fingerprint density at radius 2 is 1.74 bits per heavy atom. The predicted molar refractivity (Wildman–Crippen MR) is 79.0 cm³/mol. The Morgan fingerprint density at radius 1 is 1.09 bits per heavy atom. The molecule has 1 amide bonds. The maximum Gasteiger partial charge on any atom is 0.573 e. The molecule has 0 saturated carbocycles. The number of alkyl halides is 3. The van der Waals surface area contributed by atoms with E-state index in [1.165, 1.54) is 30.5 Å². The van der Waals surface area contributed by atoms with Crippen LogP contribution < -0.4 is 10.2 Å². The van der Waals surface area contributed by atoms with Crippen LogP contribution in [0.15, 0.2) is 59.7 Å². The molecular weight excluding hydrogens is 309 g/mol. The fourth-order valence-electron chi connectivity index (χ4n) is 1.76. The third-order valence-electron chi connectivity index (χ3n) is 2.72. The summed E-state index contributed by atoms with van der Waals surface area (Å²) in [7, 11) is 0. The van der Waals surface area contributed by atoms with Crippen molar-refractivity contribution in [1.29, 1.82) is 0 Å². The highest BCUT2D eigenvalue weighted by Gasteiger charge is 2.30. The smallest absolute Gasteiger partial charge is 0.406 e. The number of halogens is 3. The molecule has 4 nitrogen and oxygen atoms in total. The van der Waals surface area contributed by atoms with Crippen LogP contribution in [0.25, 0.3) is 0 Å². The van der Waals surface area contributed by atoms with E-state index in [4.69, 9.17) is 0 Å². The zero-order valence-electron chi connectivity index (χ0n) is 11.9. The lowest BCUT2D eigenvalue weighted by molar-refractivity contribution is -0.274. The van der Waals surface area contributed by atoms with Crippen molar-refractivity contribution in [2.45, 2.75) is 12.8 Å². The van der Waals surface area contributed by atoms with E-state index < -0.39 is 6.36 Å². The molecule has 1 N–H and O–H groups in total. The third kappa shape index (κ3) is 6.21. The molecule has 0 aliphatic rings. The molecule has 23 heavy (non-hydrogen) atoms. The van der Waals surface area contributed by atoms with Gasteiger partial charge in [-0.05, 0) is 35.4 Å². The zero-order valence-corrected chi connectivity index (χ0v) is 11.9. The van der Waals surface area contributed by atoms with Crippen LogP contribution in [0.1, 0.15) is 11.1 Å².